The number of benzene rings is 1. The fraction of sp³-hybridized carbons (Fsp3) is 0.357. The SMILES string of the molecule is Cc1ccc(OCC(C)NCc2cnco2)cc1. The van der Waals surface area contributed by atoms with E-state index in [9.17, 15) is 0 Å². The molecule has 1 heterocycles. The van der Waals surface area contributed by atoms with Gasteiger partial charge in [0.05, 0.1) is 12.7 Å². The molecule has 0 saturated heterocycles. The lowest BCUT2D eigenvalue weighted by atomic mass is 10.2. The minimum absolute atomic E-state index is 0.247. The number of aryl methyl sites for hydroxylation is 1. The van der Waals surface area contributed by atoms with E-state index in [1.54, 1.807) is 6.20 Å². The smallest absolute Gasteiger partial charge is 0.180 e. The molecule has 0 fully saturated rings. The lowest BCUT2D eigenvalue weighted by Crippen LogP contribution is -2.31. The third-order valence-electron chi connectivity index (χ3n) is 2.63. The molecular formula is C14H18N2O2. The molecule has 0 spiro atoms. The van der Waals surface area contributed by atoms with E-state index in [2.05, 4.69) is 24.1 Å². The van der Waals surface area contributed by atoms with E-state index in [1.807, 2.05) is 24.3 Å². The third kappa shape index (κ3) is 3.89. The first-order chi connectivity index (χ1) is 8.74. The number of aromatic nitrogens is 1. The summed E-state index contributed by atoms with van der Waals surface area (Å²) in [6, 6.07) is 8.30. The van der Waals surface area contributed by atoms with Gasteiger partial charge in [0, 0.05) is 6.04 Å². The largest absolute Gasteiger partial charge is 0.492 e. The molecule has 4 heteroatoms. The maximum Gasteiger partial charge on any atom is 0.180 e. The molecule has 2 aromatic rings. The number of ether oxygens (including phenoxy) is 1. The van der Waals surface area contributed by atoms with Gasteiger partial charge in [-0.3, -0.25) is 0 Å². The van der Waals surface area contributed by atoms with Gasteiger partial charge >= 0.3 is 0 Å². The topological polar surface area (TPSA) is 47.3 Å². The summed E-state index contributed by atoms with van der Waals surface area (Å²) >= 11 is 0. The monoisotopic (exact) mass is 246 g/mol. The third-order valence-corrected chi connectivity index (χ3v) is 2.63. The Hall–Kier alpha value is -1.81. The van der Waals surface area contributed by atoms with Crippen molar-refractivity contribution in [3.8, 4) is 5.75 Å². The normalized spacial score (nSPS) is 12.3. The van der Waals surface area contributed by atoms with Crippen molar-refractivity contribution in [2.24, 2.45) is 0 Å². The van der Waals surface area contributed by atoms with E-state index < -0.39 is 0 Å². The lowest BCUT2D eigenvalue weighted by molar-refractivity contribution is 0.269. The second-order valence-electron chi connectivity index (χ2n) is 4.37. The van der Waals surface area contributed by atoms with Gasteiger partial charge in [-0.2, -0.15) is 0 Å². The second kappa shape index (κ2) is 6.21. The van der Waals surface area contributed by atoms with E-state index >= 15 is 0 Å². The number of nitrogens with one attached hydrogen (secondary N) is 1. The lowest BCUT2D eigenvalue weighted by Gasteiger charge is -2.14. The summed E-state index contributed by atoms with van der Waals surface area (Å²) in [4.78, 5) is 3.86. The summed E-state index contributed by atoms with van der Waals surface area (Å²) in [6.45, 7) is 5.42. The molecule has 1 atom stereocenters. The summed E-state index contributed by atoms with van der Waals surface area (Å²) in [7, 11) is 0. The quantitative estimate of drug-likeness (QED) is 0.851. The summed E-state index contributed by atoms with van der Waals surface area (Å²) in [5.74, 6) is 1.73. The van der Waals surface area contributed by atoms with E-state index in [0.717, 1.165) is 11.5 Å². The van der Waals surface area contributed by atoms with Crippen LogP contribution in [0.4, 0.5) is 0 Å². The van der Waals surface area contributed by atoms with Gasteiger partial charge < -0.3 is 14.5 Å². The first-order valence-electron chi connectivity index (χ1n) is 6.04. The van der Waals surface area contributed by atoms with Crippen LogP contribution in [0.3, 0.4) is 0 Å². The molecule has 1 unspecified atom stereocenters. The first-order valence-corrected chi connectivity index (χ1v) is 6.04. The van der Waals surface area contributed by atoms with Crippen LogP contribution in [0.15, 0.2) is 41.3 Å². The van der Waals surface area contributed by atoms with Crippen LogP contribution in [0, 0.1) is 6.92 Å². The predicted octanol–water partition coefficient (Wildman–Crippen LogP) is 2.54. The van der Waals surface area contributed by atoms with Crippen molar-refractivity contribution in [1.82, 2.24) is 10.3 Å². The van der Waals surface area contributed by atoms with Crippen LogP contribution in [0.5, 0.6) is 5.75 Å². The van der Waals surface area contributed by atoms with Crippen molar-refractivity contribution in [1.29, 1.82) is 0 Å². The Kier molecular flexibility index (Phi) is 4.36. The van der Waals surface area contributed by atoms with Crippen LogP contribution in [0.25, 0.3) is 0 Å². The molecule has 2 rings (SSSR count). The van der Waals surface area contributed by atoms with Crippen LogP contribution < -0.4 is 10.1 Å². The Bertz CT molecular complexity index is 451. The molecule has 0 bridgehead atoms. The van der Waals surface area contributed by atoms with E-state index in [0.29, 0.717) is 13.2 Å². The minimum atomic E-state index is 0.247. The number of nitrogens with zero attached hydrogens (tertiary/aromatic N) is 1. The van der Waals surface area contributed by atoms with Crippen molar-refractivity contribution in [3.63, 3.8) is 0 Å². The Morgan fingerprint density at radius 1 is 1.33 bits per heavy atom. The molecule has 0 aliphatic heterocycles. The highest BCUT2D eigenvalue weighted by molar-refractivity contribution is 5.26. The van der Waals surface area contributed by atoms with E-state index in [4.69, 9.17) is 9.15 Å². The van der Waals surface area contributed by atoms with Crippen LogP contribution in [0.2, 0.25) is 0 Å². The molecule has 0 aliphatic carbocycles. The zero-order chi connectivity index (χ0) is 12.8. The highest BCUT2D eigenvalue weighted by Crippen LogP contribution is 2.11. The van der Waals surface area contributed by atoms with Gasteiger partial charge in [0.2, 0.25) is 0 Å². The maximum atomic E-state index is 5.68. The molecule has 96 valence electrons. The molecule has 4 nitrogen and oxygen atoms in total. The Morgan fingerprint density at radius 3 is 2.78 bits per heavy atom. The summed E-state index contributed by atoms with van der Waals surface area (Å²) < 4.78 is 10.8. The first kappa shape index (κ1) is 12.6. The highest BCUT2D eigenvalue weighted by Gasteiger charge is 2.04. The van der Waals surface area contributed by atoms with Gasteiger partial charge in [-0.1, -0.05) is 17.7 Å². The molecule has 0 saturated carbocycles. The van der Waals surface area contributed by atoms with Crippen LogP contribution in [-0.4, -0.2) is 17.6 Å². The summed E-state index contributed by atoms with van der Waals surface area (Å²) in [6.07, 6.45) is 3.14. The van der Waals surface area contributed by atoms with Crippen molar-refractivity contribution in [2.75, 3.05) is 6.61 Å². The Morgan fingerprint density at radius 2 is 2.11 bits per heavy atom. The molecule has 0 amide bonds. The number of oxazole rings is 1. The van der Waals surface area contributed by atoms with Crippen molar-refractivity contribution in [3.05, 3.63) is 48.2 Å². The van der Waals surface area contributed by atoms with Gasteiger partial charge in [-0.15, -0.1) is 0 Å². The van der Waals surface area contributed by atoms with Gasteiger partial charge in [0.15, 0.2) is 6.39 Å². The minimum Gasteiger partial charge on any atom is -0.492 e. The Balaban J connectivity index is 1.71. The van der Waals surface area contributed by atoms with Gasteiger partial charge in [0.25, 0.3) is 0 Å². The van der Waals surface area contributed by atoms with Crippen molar-refractivity contribution >= 4 is 0 Å². The molecule has 1 aromatic carbocycles. The standard InChI is InChI=1S/C14H18N2O2/c1-11-3-5-13(6-4-11)17-9-12(2)16-8-14-7-15-10-18-14/h3-7,10,12,16H,8-9H2,1-2H3. The summed E-state index contributed by atoms with van der Waals surface area (Å²) in [5.41, 5.74) is 1.24. The average molecular weight is 246 g/mol. The number of hydrogen-bond acceptors (Lipinski definition) is 4. The zero-order valence-corrected chi connectivity index (χ0v) is 10.7. The van der Waals surface area contributed by atoms with Crippen LogP contribution >= 0.6 is 0 Å². The predicted molar refractivity (Wildman–Crippen MR) is 69.5 cm³/mol. The maximum absolute atomic E-state index is 5.68. The van der Waals surface area contributed by atoms with Crippen LogP contribution in [0.1, 0.15) is 18.2 Å². The highest BCUT2D eigenvalue weighted by atomic mass is 16.5. The van der Waals surface area contributed by atoms with E-state index in [1.165, 1.54) is 12.0 Å². The molecule has 1 aromatic heterocycles. The number of hydrogen-bond donors (Lipinski definition) is 1. The van der Waals surface area contributed by atoms with Crippen molar-refractivity contribution in [2.45, 2.75) is 26.4 Å². The molecule has 0 radical (unpaired) electrons. The summed E-state index contributed by atoms with van der Waals surface area (Å²) in [5, 5.41) is 3.31. The van der Waals surface area contributed by atoms with Crippen molar-refractivity contribution < 1.29 is 9.15 Å². The second-order valence-corrected chi connectivity index (χ2v) is 4.37. The fourth-order valence-corrected chi connectivity index (χ4v) is 1.52. The molecule has 0 aliphatic rings. The fourth-order valence-electron chi connectivity index (χ4n) is 1.52. The van der Waals surface area contributed by atoms with Crippen LogP contribution in [-0.2, 0) is 6.54 Å². The van der Waals surface area contributed by atoms with Gasteiger partial charge in [-0.25, -0.2) is 4.98 Å². The van der Waals surface area contributed by atoms with Gasteiger partial charge in [-0.05, 0) is 26.0 Å². The van der Waals surface area contributed by atoms with E-state index in [-0.39, 0.29) is 6.04 Å². The Labute approximate surface area is 107 Å². The zero-order valence-electron chi connectivity index (χ0n) is 10.7. The van der Waals surface area contributed by atoms with Gasteiger partial charge in [0.1, 0.15) is 18.1 Å². The molecular weight excluding hydrogens is 228 g/mol. The molecule has 1 N–H and O–H groups in total. The molecule has 18 heavy (non-hydrogen) atoms. The average Bonchev–Trinajstić information content (AvgIpc) is 2.89. The number of rotatable bonds is 6.